The first-order valence-electron chi connectivity index (χ1n) is 35.1. The van der Waals surface area contributed by atoms with E-state index in [4.69, 9.17) is 9.47 Å². The number of rotatable bonds is 60. The highest BCUT2D eigenvalue weighted by molar-refractivity contribution is 5.76. The summed E-state index contributed by atoms with van der Waals surface area (Å²) in [5, 5.41) is 54.7. The molecule has 0 saturated carbocycles. The van der Waals surface area contributed by atoms with E-state index in [9.17, 15) is 30.3 Å². The highest BCUT2D eigenvalue weighted by Crippen LogP contribution is 2.23. The molecule has 0 aliphatic carbocycles. The van der Waals surface area contributed by atoms with Crippen molar-refractivity contribution in [2.45, 2.75) is 346 Å². The van der Waals surface area contributed by atoms with Gasteiger partial charge < -0.3 is 40.3 Å². The van der Waals surface area contributed by atoms with Crippen molar-refractivity contribution in [3.8, 4) is 0 Å². The highest BCUT2D eigenvalue weighted by atomic mass is 16.7. The smallest absolute Gasteiger partial charge is 0.220 e. The van der Waals surface area contributed by atoms with E-state index in [-0.39, 0.29) is 12.5 Å². The fourth-order valence-corrected chi connectivity index (χ4v) is 10.6. The molecule has 0 aromatic carbocycles. The highest BCUT2D eigenvalue weighted by Gasteiger charge is 2.44. The maximum atomic E-state index is 13.1. The van der Waals surface area contributed by atoms with Crippen LogP contribution >= 0.6 is 0 Å². The summed E-state index contributed by atoms with van der Waals surface area (Å²) in [6.07, 6.45) is 86.2. The first-order valence-corrected chi connectivity index (χ1v) is 35.1. The van der Waals surface area contributed by atoms with Gasteiger partial charge in [-0.15, -0.1) is 0 Å². The summed E-state index contributed by atoms with van der Waals surface area (Å²) < 4.78 is 11.3. The van der Waals surface area contributed by atoms with Crippen molar-refractivity contribution < 1.29 is 39.8 Å². The molecule has 1 amide bonds. The summed E-state index contributed by atoms with van der Waals surface area (Å²) in [6.45, 7) is 3.67. The summed E-state index contributed by atoms with van der Waals surface area (Å²) in [5.41, 5.74) is 0. The normalized spacial score (nSPS) is 18.9. The Bertz CT molecular complexity index is 1690. The lowest BCUT2D eigenvalue weighted by Crippen LogP contribution is -2.60. The second-order valence-electron chi connectivity index (χ2n) is 23.9. The van der Waals surface area contributed by atoms with E-state index >= 15 is 0 Å². The summed E-state index contributed by atoms with van der Waals surface area (Å²) in [4.78, 5) is 13.1. The number of aliphatic hydroxyl groups is 5. The van der Waals surface area contributed by atoms with Gasteiger partial charge in [0.05, 0.1) is 25.4 Å². The number of nitrogens with one attached hydrogen (secondary N) is 1. The van der Waals surface area contributed by atoms with Crippen molar-refractivity contribution in [1.29, 1.82) is 0 Å². The Balaban J connectivity index is 2.12. The van der Waals surface area contributed by atoms with Gasteiger partial charge in [0.2, 0.25) is 5.91 Å². The van der Waals surface area contributed by atoms with Gasteiger partial charge in [-0.25, -0.2) is 0 Å². The van der Waals surface area contributed by atoms with Gasteiger partial charge in [0.25, 0.3) is 0 Å². The van der Waals surface area contributed by atoms with E-state index in [0.717, 1.165) is 83.5 Å². The van der Waals surface area contributed by atoms with Crippen LogP contribution in [0, 0.1) is 0 Å². The molecule has 1 saturated heterocycles. The van der Waals surface area contributed by atoms with Gasteiger partial charge >= 0.3 is 0 Å². The summed E-state index contributed by atoms with van der Waals surface area (Å²) >= 11 is 0. The van der Waals surface area contributed by atoms with Gasteiger partial charge in [-0.3, -0.25) is 4.79 Å². The largest absolute Gasteiger partial charge is 0.394 e. The Labute approximate surface area is 516 Å². The lowest BCUT2D eigenvalue weighted by Gasteiger charge is -2.40. The molecule has 7 atom stereocenters. The average Bonchev–Trinajstić information content (AvgIpc) is 3.70. The first kappa shape index (κ1) is 78.9. The van der Waals surface area contributed by atoms with E-state index < -0.39 is 49.5 Å². The van der Waals surface area contributed by atoms with Crippen LogP contribution in [0.3, 0.4) is 0 Å². The van der Waals surface area contributed by atoms with Crippen LogP contribution in [0.25, 0.3) is 0 Å². The van der Waals surface area contributed by atoms with Crippen LogP contribution in [-0.2, 0) is 14.3 Å². The van der Waals surface area contributed by atoms with E-state index in [1.54, 1.807) is 6.08 Å². The number of hydrogen-bond acceptors (Lipinski definition) is 8. The van der Waals surface area contributed by atoms with Gasteiger partial charge in [0.1, 0.15) is 24.4 Å². The molecule has 0 bridgehead atoms. The minimum absolute atomic E-state index is 0.186. The van der Waals surface area contributed by atoms with Crippen LogP contribution in [0.1, 0.15) is 303 Å². The van der Waals surface area contributed by atoms with Crippen molar-refractivity contribution in [1.82, 2.24) is 5.32 Å². The number of aliphatic hydroxyl groups excluding tert-OH is 5. The Kier molecular flexibility index (Phi) is 59.0. The zero-order chi connectivity index (χ0) is 60.7. The Morgan fingerprint density at radius 1 is 0.417 bits per heavy atom. The average molecular weight is 1170 g/mol. The number of allylic oxidation sites excluding steroid dienone is 17. The number of unbranched alkanes of at least 4 members (excludes halogenated alkanes) is 34. The zero-order valence-corrected chi connectivity index (χ0v) is 54.1. The van der Waals surface area contributed by atoms with Gasteiger partial charge in [-0.05, 0) is 89.9 Å². The third-order valence-electron chi connectivity index (χ3n) is 16.1. The second kappa shape index (κ2) is 62.9. The van der Waals surface area contributed by atoms with Gasteiger partial charge in [-0.2, -0.15) is 0 Å². The predicted molar refractivity (Wildman–Crippen MR) is 359 cm³/mol. The third-order valence-corrected chi connectivity index (χ3v) is 16.1. The second-order valence-corrected chi connectivity index (χ2v) is 23.9. The number of carbonyl (C=O) groups excluding carboxylic acids is 1. The summed E-state index contributed by atoms with van der Waals surface area (Å²) in [7, 11) is 0. The molecule has 0 radical (unpaired) electrons. The zero-order valence-electron chi connectivity index (χ0n) is 54.1. The Morgan fingerprint density at radius 2 is 0.750 bits per heavy atom. The van der Waals surface area contributed by atoms with Gasteiger partial charge in [0, 0.05) is 6.42 Å². The molecule has 6 N–H and O–H groups in total. The van der Waals surface area contributed by atoms with E-state index in [1.807, 2.05) is 6.08 Å². The van der Waals surface area contributed by atoms with Crippen LogP contribution < -0.4 is 5.32 Å². The van der Waals surface area contributed by atoms with Crippen LogP contribution in [0.4, 0.5) is 0 Å². The Morgan fingerprint density at radius 3 is 1.14 bits per heavy atom. The third kappa shape index (κ3) is 50.9. The molecule has 84 heavy (non-hydrogen) atoms. The molecule has 7 unspecified atom stereocenters. The van der Waals surface area contributed by atoms with Crippen molar-refractivity contribution >= 4 is 5.91 Å². The lowest BCUT2D eigenvalue weighted by molar-refractivity contribution is -0.302. The minimum Gasteiger partial charge on any atom is -0.394 e. The Hall–Kier alpha value is -3.15. The minimum atomic E-state index is -1.58. The van der Waals surface area contributed by atoms with Crippen LogP contribution in [-0.4, -0.2) is 87.5 Å². The molecular formula is C75H131NO8. The molecule has 1 rings (SSSR count). The van der Waals surface area contributed by atoms with Crippen molar-refractivity contribution in [2.75, 3.05) is 13.2 Å². The molecule has 484 valence electrons. The van der Waals surface area contributed by atoms with E-state index in [1.165, 1.54) is 199 Å². The molecule has 9 nitrogen and oxygen atoms in total. The standard InChI is InChI=1S/C75H131NO8/c1-3-5-7-9-11-13-15-17-19-21-23-25-27-28-29-30-31-32-33-34-35-36-37-38-39-40-41-42-43-45-47-49-51-53-55-57-59-61-63-65-71(79)76-68(67-83-75-74(82)73(81)72(80)70(66-77)84-75)69(78)64-62-60-58-56-54-52-50-48-46-44-26-24-22-20-18-16-14-12-10-8-6-4-2/h5,7,11,13,17,19,23,25,28-29,31-32,34-35,54,56,62,64,68-70,72-75,77-78,80-82H,3-4,6,8-10,12,14-16,18,20-22,24,26-27,30,33,36-53,55,57-61,63,65-67H2,1-2H3,(H,76,79)/b7-5-,13-11-,19-17-,25-23-,29-28-,32-31-,35-34-,56-54+,64-62+. The molecule has 1 heterocycles. The van der Waals surface area contributed by atoms with Gasteiger partial charge in [-0.1, -0.05) is 316 Å². The molecule has 0 spiro atoms. The molecule has 0 aromatic heterocycles. The van der Waals surface area contributed by atoms with E-state index in [2.05, 4.69) is 116 Å². The molecule has 9 heteroatoms. The first-order chi connectivity index (χ1) is 41.3. The van der Waals surface area contributed by atoms with Gasteiger partial charge in [0.15, 0.2) is 6.29 Å². The number of amides is 1. The number of carbonyl (C=O) groups is 1. The van der Waals surface area contributed by atoms with Crippen molar-refractivity contribution in [2.24, 2.45) is 0 Å². The SMILES string of the molecule is CC/C=C\C/C=C\C/C=C\C/C=C\C/C=C\C/C=C\C/C=C\CCCCCCCCCCCCCCCCCCCC(=O)NC(COC1OC(CO)C(O)C(O)C1O)C(O)/C=C/CC/C=C/CCCCCCCCCCCCCCCCCC. The van der Waals surface area contributed by atoms with Crippen molar-refractivity contribution in [3.63, 3.8) is 0 Å². The monoisotopic (exact) mass is 1170 g/mol. The van der Waals surface area contributed by atoms with Crippen LogP contribution in [0.2, 0.25) is 0 Å². The molecule has 1 aliphatic heterocycles. The van der Waals surface area contributed by atoms with E-state index in [0.29, 0.717) is 6.42 Å². The van der Waals surface area contributed by atoms with Crippen LogP contribution in [0.15, 0.2) is 109 Å². The predicted octanol–water partition coefficient (Wildman–Crippen LogP) is 19.2. The topological polar surface area (TPSA) is 149 Å². The fourth-order valence-electron chi connectivity index (χ4n) is 10.6. The molecule has 0 aromatic rings. The molecule has 1 aliphatic rings. The summed E-state index contributed by atoms with van der Waals surface area (Å²) in [5.74, 6) is -0.186. The number of hydrogen-bond donors (Lipinski definition) is 6. The molecule has 1 fully saturated rings. The lowest BCUT2D eigenvalue weighted by atomic mass is 9.99. The van der Waals surface area contributed by atoms with Crippen molar-refractivity contribution in [3.05, 3.63) is 109 Å². The quantitative estimate of drug-likeness (QED) is 0.0261. The fraction of sp³-hybridized carbons (Fsp3) is 0.747. The maximum absolute atomic E-state index is 13.1. The maximum Gasteiger partial charge on any atom is 0.220 e. The summed E-state index contributed by atoms with van der Waals surface area (Å²) in [6, 6.07) is -0.828. The van der Waals surface area contributed by atoms with Crippen LogP contribution in [0.5, 0.6) is 0 Å². The molecular weight excluding hydrogens is 1040 g/mol. The number of ether oxygens (including phenoxy) is 2.